The van der Waals surface area contributed by atoms with Crippen molar-refractivity contribution in [3.63, 3.8) is 0 Å². The van der Waals surface area contributed by atoms with Crippen LogP contribution in [0.15, 0.2) is 84.9 Å². The second kappa shape index (κ2) is 8.14. The van der Waals surface area contributed by atoms with E-state index in [0.717, 1.165) is 18.2 Å². The second-order valence-electron chi connectivity index (χ2n) is 6.82. The maximum atomic E-state index is 13.8. The Morgan fingerprint density at radius 2 is 1.41 bits per heavy atom. The molecule has 3 aromatic rings. The summed E-state index contributed by atoms with van der Waals surface area (Å²) in [4.78, 5) is 37.2. The van der Waals surface area contributed by atoms with Crippen molar-refractivity contribution in [2.75, 3.05) is 4.90 Å². The third-order valence-electron chi connectivity index (χ3n) is 4.72. The molecule has 4 rings (SSSR count). The smallest absolute Gasteiger partial charge is 0.420 e. The molecule has 1 heterocycles. The van der Waals surface area contributed by atoms with Crippen LogP contribution >= 0.6 is 0 Å². The van der Waals surface area contributed by atoms with Gasteiger partial charge >= 0.3 is 6.18 Å². The molecule has 0 aromatic heterocycles. The Hall–Kier alpha value is -4.20. The molecule has 0 saturated carbocycles. The minimum atomic E-state index is -4.84. The number of hydrogen-bond acceptors (Lipinski definition) is 4. The van der Waals surface area contributed by atoms with Crippen molar-refractivity contribution in [2.24, 2.45) is 0 Å². The van der Waals surface area contributed by atoms with Crippen LogP contribution in [0.25, 0.3) is 0 Å². The number of halogens is 3. The van der Waals surface area contributed by atoms with Crippen molar-refractivity contribution >= 4 is 23.3 Å². The van der Waals surface area contributed by atoms with E-state index in [-0.39, 0.29) is 17.0 Å². The van der Waals surface area contributed by atoms with E-state index < -0.39 is 35.1 Å². The Labute approximate surface area is 180 Å². The summed E-state index contributed by atoms with van der Waals surface area (Å²) >= 11 is 0. The second-order valence-corrected chi connectivity index (χ2v) is 6.82. The lowest BCUT2D eigenvalue weighted by atomic mass is 10.0. The van der Waals surface area contributed by atoms with Crippen LogP contribution in [0.5, 0.6) is 11.5 Å². The summed E-state index contributed by atoms with van der Waals surface area (Å²) in [6.45, 7) is 0. The van der Waals surface area contributed by atoms with Crippen LogP contribution in [0.3, 0.4) is 0 Å². The number of hydrogen-bond donors (Lipinski definition) is 0. The zero-order valence-corrected chi connectivity index (χ0v) is 16.3. The van der Waals surface area contributed by atoms with Gasteiger partial charge in [-0.25, -0.2) is 4.90 Å². The monoisotopic (exact) mass is 437 g/mol. The molecular weight excluding hydrogens is 423 g/mol. The summed E-state index contributed by atoms with van der Waals surface area (Å²) in [5.41, 5.74) is -0.985. The van der Waals surface area contributed by atoms with Crippen LogP contribution < -0.4 is 9.64 Å². The fourth-order valence-corrected chi connectivity index (χ4v) is 3.23. The van der Waals surface area contributed by atoms with Gasteiger partial charge in [0.15, 0.2) is 5.78 Å². The highest BCUT2D eigenvalue weighted by atomic mass is 19.4. The zero-order chi connectivity index (χ0) is 22.9. The van der Waals surface area contributed by atoms with Crippen molar-refractivity contribution in [3.05, 3.63) is 102 Å². The molecule has 0 aliphatic carbocycles. The largest absolute Gasteiger partial charge is 0.456 e. The summed E-state index contributed by atoms with van der Waals surface area (Å²) < 4.78 is 46.9. The number of rotatable bonds is 5. The molecule has 0 atom stereocenters. The number of amides is 2. The number of para-hydroxylation sites is 1. The Balaban J connectivity index is 1.73. The number of ketones is 1. The maximum Gasteiger partial charge on any atom is 0.420 e. The summed E-state index contributed by atoms with van der Waals surface area (Å²) in [6, 6.07) is 17.1. The van der Waals surface area contributed by atoms with Gasteiger partial charge in [-0.2, -0.15) is 13.2 Å². The van der Waals surface area contributed by atoms with Gasteiger partial charge in [-0.05, 0) is 30.3 Å². The topological polar surface area (TPSA) is 63.7 Å². The molecule has 0 radical (unpaired) electrons. The summed E-state index contributed by atoms with van der Waals surface area (Å²) in [5, 5.41) is 0. The normalized spacial score (nSPS) is 13.5. The molecule has 0 fully saturated rings. The molecule has 5 nitrogen and oxygen atoms in total. The highest BCUT2D eigenvalue weighted by Crippen LogP contribution is 2.41. The Morgan fingerprint density at radius 1 is 0.781 bits per heavy atom. The van der Waals surface area contributed by atoms with E-state index in [1.807, 2.05) is 0 Å². The van der Waals surface area contributed by atoms with E-state index >= 15 is 0 Å². The lowest BCUT2D eigenvalue weighted by Gasteiger charge is -2.19. The van der Waals surface area contributed by atoms with Gasteiger partial charge < -0.3 is 4.74 Å². The molecule has 0 bridgehead atoms. The first-order valence-electron chi connectivity index (χ1n) is 9.40. The Morgan fingerprint density at radius 3 is 2.06 bits per heavy atom. The van der Waals surface area contributed by atoms with Crippen molar-refractivity contribution in [1.82, 2.24) is 0 Å². The van der Waals surface area contributed by atoms with Crippen LogP contribution in [0, 0.1) is 0 Å². The number of nitrogens with zero attached hydrogens (tertiary/aromatic N) is 1. The van der Waals surface area contributed by atoms with Gasteiger partial charge in [0.25, 0.3) is 11.8 Å². The van der Waals surface area contributed by atoms with Gasteiger partial charge in [-0.15, -0.1) is 0 Å². The number of carbonyl (C=O) groups excluding carboxylic acids is 3. The standard InChI is InChI=1S/C24H14F3NO4/c25-24(26,27)18-14-16(28-21(29)12-13-22(28)30)10-11-20(18)32-19-9-5-4-8-17(19)23(31)15-6-2-1-3-7-15/h1-14H. The fraction of sp³-hybridized carbons (Fsp3) is 0.0417. The van der Waals surface area contributed by atoms with Gasteiger partial charge in [0, 0.05) is 17.7 Å². The molecule has 0 spiro atoms. The minimum absolute atomic E-state index is 0.0606. The van der Waals surface area contributed by atoms with Crippen LogP contribution in [0.2, 0.25) is 0 Å². The lowest BCUT2D eigenvalue weighted by Crippen LogP contribution is -2.29. The first kappa shape index (κ1) is 21.0. The lowest BCUT2D eigenvalue weighted by molar-refractivity contribution is -0.138. The summed E-state index contributed by atoms with van der Waals surface area (Å²) in [7, 11) is 0. The van der Waals surface area contributed by atoms with E-state index in [2.05, 4.69) is 0 Å². The molecule has 160 valence electrons. The number of benzene rings is 3. The minimum Gasteiger partial charge on any atom is -0.456 e. The van der Waals surface area contributed by atoms with Crippen LogP contribution in [-0.2, 0) is 15.8 Å². The van der Waals surface area contributed by atoms with E-state index in [9.17, 15) is 27.6 Å². The zero-order valence-electron chi connectivity index (χ0n) is 16.3. The highest BCUT2D eigenvalue weighted by molar-refractivity contribution is 6.28. The van der Waals surface area contributed by atoms with Crippen molar-refractivity contribution in [3.8, 4) is 11.5 Å². The first-order chi connectivity index (χ1) is 15.3. The quantitative estimate of drug-likeness (QED) is 0.409. The number of ether oxygens (including phenoxy) is 1. The van der Waals surface area contributed by atoms with Gasteiger partial charge in [-0.3, -0.25) is 14.4 Å². The molecule has 1 aliphatic heterocycles. The predicted octanol–water partition coefficient (Wildman–Crippen LogP) is 5.16. The van der Waals surface area contributed by atoms with Gasteiger partial charge in [0.2, 0.25) is 0 Å². The molecule has 0 saturated heterocycles. The molecule has 3 aromatic carbocycles. The van der Waals surface area contributed by atoms with Crippen LogP contribution in [0.1, 0.15) is 21.5 Å². The van der Waals surface area contributed by atoms with Gasteiger partial charge in [0.05, 0.1) is 11.3 Å². The first-order valence-corrected chi connectivity index (χ1v) is 9.40. The molecular formula is C24H14F3NO4. The third-order valence-corrected chi connectivity index (χ3v) is 4.72. The Kier molecular flexibility index (Phi) is 5.36. The van der Waals surface area contributed by atoms with E-state index in [1.54, 1.807) is 36.4 Å². The third kappa shape index (κ3) is 4.02. The highest BCUT2D eigenvalue weighted by Gasteiger charge is 2.37. The Bertz CT molecular complexity index is 1230. The summed E-state index contributed by atoms with van der Waals surface area (Å²) in [5.74, 6) is -2.52. The van der Waals surface area contributed by atoms with E-state index in [0.29, 0.717) is 16.5 Å². The molecule has 2 amide bonds. The number of carbonyl (C=O) groups is 3. The molecule has 0 unspecified atom stereocenters. The van der Waals surface area contributed by atoms with Crippen molar-refractivity contribution < 1.29 is 32.3 Å². The van der Waals surface area contributed by atoms with E-state index in [4.69, 9.17) is 4.74 Å². The number of imide groups is 1. The predicted molar refractivity (Wildman–Crippen MR) is 109 cm³/mol. The average Bonchev–Trinajstić information content (AvgIpc) is 3.12. The van der Waals surface area contributed by atoms with Crippen LogP contribution in [-0.4, -0.2) is 17.6 Å². The summed E-state index contributed by atoms with van der Waals surface area (Å²) in [6.07, 6.45) is -2.89. The average molecular weight is 437 g/mol. The number of anilines is 1. The molecule has 8 heteroatoms. The number of alkyl halides is 3. The fourth-order valence-electron chi connectivity index (χ4n) is 3.23. The maximum absolute atomic E-state index is 13.8. The van der Waals surface area contributed by atoms with Crippen molar-refractivity contribution in [1.29, 1.82) is 0 Å². The molecule has 1 aliphatic rings. The van der Waals surface area contributed by atoms with Gasteiger partial charge in [-0.1, -0.05) is 42.5 Å². The van der Waals surface area contributed by atoms with Crippen LogP contribution in [0.4, 0.5) is 18.9 Å². The van der Waals surface area contributed by atoms with E-state index in [1.165, 1.54) is 24.3 Å². The van der Waals surface area contributed by atoms with Gasteiger partial charge in [0.1, 0.15) is 17.1 Å². The SMILES string of the molecule is O=C(c1ccccc1)c1ccccc1Oc1ccc(N2C(=O)C=CC2=O)cc1C(F)(F)F. The molecule has 0 N–H and O–H groups in total. The van der Waals surface area contributed by atoms with Crippen molar-refractivity contribution in [2.45, 2.75) is 6.18 Å². The molecule has 32 heavy (non-hydrogen) atoms.